The van der Waals surface area contributed by atoms with E-state index in [0.717, 1.165) is 0 Å². The highest BCUT2D eigenvalue weighted by molar-refractivity contribution is 8.65. The van der Waals surface area contributed by atoms with Crippen LogP contribution in [0.2, 0.25) is 0 Å². The van der Waals surface area contributed by atoms with Crippen molar-refractivity contribution < 1.29 is 0 Å². The van der Waals surface area contributed by atoms with Gasteiger partial charge >= 0.3 is 0 Å². The number of rotatable bonds is 7. The Labute approximate surface area is 100 Å². The summed E-state index contributed by atoms with van der Waals surface area (Å²) in [5, 5.41) is 0. The molecule has 2 atom stereocenters. The molecule has 0 aromatic carbocycles. The van der Waals surface area contributed by atoms with Crippen LogP contribution in [-0.4, -0.2) is 25.7 Å². The quantitative estimate of drug-likeness (QED) is 0.614. The molecule has 0 spiro atoms. The maximum atomic E-state index is 5.81. The summed E-state index contributed by atoms with van der Waals surface area (Å²) in [4.78, 5) is 0. The van der Waals surface area contributed by atoms with Gasteiger partial charge in [0.2, 0.25) is 0 Å². The molecule has 0 amide bonds. The Morgan fingerprint density at radius 1 is 0.786 bits per heavy atom. The molecule has 0 heterocycles. The van der Waals surface area contributed by atoms with E-state index in [0.29, 0.717) is 0 Å². The van der Waals surface area contributed by atoms with Gasteiger partial charge in [0.15, 0.2) is 0 Å². The van der Waals surface area contributed by atoms with Crippen LogP contribution >= 0.6 is 11.5 Å². The Hall–Kier alpha value is 1.30. The summed E-state index contributed by atoms with van der Waals surface area (Å²) in [6.07, 6.45) is 7.58. The van der Waals surface area contributed by atoms with Gasteiger partial charge in [-0.05, 0) is 49.9 Å². The van der Waals surface area contributed by atoms with E-state index in [-0.39, 0.29) is 0 Å². The van der Waals surface area contributed by atoms with Crippen LogP contribution in [-0.2, 0) is 23.6 Å². The molecule has 0 aromatic heterocycles. The molecule has 0 saturated heterocycles. The highest BCUT2D eigenvalue weighted by atomic mass is 32.8. The van der Waals surface area contributed by atoms with E-state index in [1.807, 2.05) is 0 Å². The van der Waals surface area contributed by atoms with Crippen molar-refractivity contribution in [2.75, 3.05) is 25.7 Å². The third kappa shape index (κ3) is 4.88. The van der Waals surface area contributed by atoms with Gasteiger partial charge in [-0.1, -0.05) is 50.3 Å². The number of hydrogen-bond acceptors (Lipinski definition) is 2. The summed E-state index contributed by atoms with van der Waals surface area (Å²) in [5.41, 5.74) is -2.36. The molecule has 14 heavy (non-hydrogen) atoms. The van der Waals surface area contributed by atoms with Crippen molar-refractivity contribution in [3.63, 3.8) is 0 Å². The first kappa shape index (κ1) is 15.3. The first-order chi connectivity index (χ1) is 6.37. The molecule has 0 aliphatic rings. The van der Waals surface area contributed by atoms with E-state index >= 15 is 0 Å². The van der Waals surface area contributed by atoms with Crippen molar-refractivity contribution in [2.45, 2.75) is 39.5 Å². The molecule has 4 heteroatoms. The standard InChI is InChI=1S/C10H24P2S2/c1-5-7-9-11(3,13)12(4,14)10-8-6-2/h5-10H2,1-4H3. The first-order valence-electron chi connectivity index (χ1n) is 5.51. The molecule has 0 aromatic rings. The van der Waals surface area contributed by atoms with Gasteiger partial charge in [-0.2, -0.15) is 0 Å². The van der Waals surface area contributed by atoms with Crippen LogP contribution in [0.15, 0.2) is 0 Å². The summed E-state index contributed by atoms with van der Waals surface area (Å²) in [6.45, 7) is 9.10. The summed E-state index contributed by atoms with van der Waals surface area (Å²) < 4.78 is 0. The summed E-state index contributed by atoms with van der Waals surface area (Å²) in [5.74, 6) is 0. The molecule has 0 saturated carbocycles. The van der Waals surface area contributed by atoms with Crippen molar-refractivity contribution in [3.8, 4) is 0 Å². The van der Waals surface area contributed by atoms with Crippen LogP contribution in [0.1, 0.15) is 39.5 Å². The van der Waals surface area contributed by atoms with Crippen LogP contribution in [0.5, 0.6) is 0 Å². The summed E-state index contributed by atoms with van der Waals surface area (Å²) in [7, 11) is 0. The van der Waals surface area contributed by atoms with Gasteiger partial charge in [0.1, 0.15) is 0 Å². The minimum Gasteiger partial charge on any atom is -0.0922 e. The molecular weight excluding hydrogens is 246 g/mol. The molecule has 0 aliphatic carbocycles. The van der Waals surface area contributed by atoms with Gasteiger partial charge in [0.25, 0.3) is 0 Å². The zero-order valence-corrected chi connectivity index (χ0v) is 13.4. The molecule has 0 rings (SSSR count). The largest absolute Gasteiger partial charge is 0.0922 e. The second-order valence-corrected chi connectivity index (χ2v) is 21.1. The lowest BCUT2D eigenvalue weighted by Crippen LogP contribution is -1.93. The molecular formula is C10H24P2S2. The van der Waals surface area contributed by atoms with Gasteiger partial charge in [0.05, 0.1) is 0 Å². The molecule has 86 valence electrons. The monoisotopic (exact) mass is 270 g/mol. The molecule has 0 bridgehead atoms. The Morgan fingerprint density at radius 2 is 1.07 bits per heavy atom. The van der Waals surface area contributed by atoms with Crippen LogP contribution < -0.4 is 0 Å². The fourth-order valence-electron chi connectivity index (χ4n) is 1.33. The van der Waals surface area contributed by atoms with E-state index < -0.39 is 11.5 Å². The lowest BCUT2D eigenvalue weighted by molar-refractivity contribution is 0.889. The Balaban J connectivity index is 4.37. The number of unbranched alkanes of at least 4 members (excludes halogenated alkanes) is 2. The maximum absolute atomic E-state index is 5.81. The van der Waals surface area contributed by atoms with E-state index in [4.69, 9.17) is 23.6 Å². The lowest BCUT2D eigenvalue weighted by Gasteiger charge is -2.28. The second-order valence-electron chi connectivity index (χ2n) is 4.26. The van der Waals surface area contributed by atoms with Crippen molar-refractivity contribution in [1.29, 1.82) is 0 Å². The lowest BCUT2D eigenvalue weighted by atomic mass is 10.4. The average molecular weight is 270 g/mol. The van der Waals surface area contributed by atoms with Gasteiger partial charge in [-0.3, -0.25) is 0 Å². The fourth-order valence-corrected chi connectivity index (χ4v) is 9.61. The highest BCUT2D eigenvalue weighted by Crippen LogP contribution is 2.78. The molecule has 0 aliphatic heterocycles. The van der Waals surface area contributed by atoms with Crippen LogP contribution in [0.3, 0.4) is 0 Å². The maximum Gasteiger partial charge on any atom is -0.0161 e. The summed E-state index contributed by atoms with van der Waals surface area (Å²) >= 11 is 11.6. The van der Waals surface area contributed by atoms with Gasteiger partial charge in [0, 0.05) is 0 Å². The second kappa shape index (κ2) is 6.79. The van der Waals surface area contributed by atoms with Crippen molar-refractivity contribution in [1.82, 2.24) is 0 Å². The fraction of sp³-hybridized carbons (Fsp3) is 1.00. The smallest absolute Gasteiger partial charge is 0.0161 e. The summed E-state index contributed by atoms with van der Waals surface area (Å²) in [6, 6.07) is 0. The van der Waals surface area contributed by atoms with E-state index in [2.05, 4.69) is 27.2 Å². The van der Waals surface area contributed by atoms with Crippen molar-refractivity contribution >= 4 is 35.1 Å². The van der Waals surface area contributed by atoms with Crippen molar-refractivity contribution in [2.24, 2.45) is 0 Å². The van der Waals surface area contributed by atoms with E-state index in [9.17, 15) is 0 Å². The van der Waals surface area contributed by atoms with Gasteiger partial charge < -0.3 is 0 Å². The normalized spacial score (nSPS) is 20.0. The Bertz CT molecular complexity index is 223. The van der Waals surface area contributed by atoms with E-state index in [1.54, 1.807) is 0 Å². The third-order valence-electron chi connectivity index (χ3n) is 2.75. The Morgan fingerprint density at radius 3 is 1.29 bits per heavy atom. The van der Waals surface area contributed by atoms with Crippen LogP contribution in [0.4, 0.5) is 0 Å². The molecule has 2 unspecified atom stereocenters. The van der Waals surface area contributed by atoms with Crippen LogP contribution in [0.25, 0.3) is 0 Å². The third-order valence-corrected chi connectivity index (χ3v) is 21.9. The molecule has 0 radical (unpaired) electrons. The predicted octanol–water partition coefficient (Wildman–Crippen LogP) is 4.72. The zero-order chi connectivity index (χ0) is 11.2. The van der Waals surface area contributed by atoms with Gasteiger partial charge in [-0.25, -0.2) is 0 Å². The highest BCUT2D eigenvalue weighted by Gasteiger charge is 2.24. The zero-order valence-electron chi connectivity index (χ0n) is 9.95. The molecule has 0 nitrogen and oxygen atoms in total. The molecule has 0 N–H and O–H groups in total. The number of hydrogen-bond donors (Lipinski definition) is 0. The molecule has 0 fully saturated rings. The minimum atomic E-state index is -1.18. The Kier molecular flexibility index (Phi) is 7.42. The average Bonchev–Trinajstić information content (AvgIpc) is 2.11. The van der Waals surface area contributed by atoms with Gasteiger partial charge in [-0.15, -0.1) is 0 Å². The SMILES string of the molecule is CCCCP(C)(=S)P(C)(=S)CCCC. The first-order valence-corrected chi connectivity index (χ1v) is 13.1. The van der Waals surface area contributed by atoms with Crippen molar-refractivity contribution in [3.05, 3.63) is 0 Å². The van der Waals surface area contributed by atoms with E-state index in [1.165, 1.54) is 38.0 Å². The predicted molar refractivity (Wildman–Crippen MR) is 80.0 cm³/mol. The minimum absolute atomic E-state index is 1.18. The topological polar surface area (TPSA) is 0 Å². The van der Waals surface area contributed by atoms with Crippen LogP contribution in [0, 0.1) is 0 Å².